The average Bonchev–Trinajstić information content (AvgIpc) is 3.87. The van der Waals surface area contributed by atoms with E-state index in [1.54, 1.807) is 0 Å². The van der Waals surface area contributed by atoms with E-state index in [1.807, 2.05) is 11.3 Å². The lowest BCUT2D eigenvalue weighted by Gasteiger charge is -2.26. The Morgan fingerprint density at radius 2 is 0.831 bits per heavy atom. The van der Waals surface area contributed by atoms with Crippen LogP contribution in [-0.2, 0) is 0 Å². The number of furan rings is 1. The van der Waals surface area contributed by atoms with Gasteiger partial charge in [0.25, 0.3) is 0 Å². The van der Waals surface area contributed by atoms with Crippen molar-refractivity contribution in [3.05, 3.63) is 212 Å². The summed E-state index contributed by atoms with van der Waals surface area (Å²) in [6.07, 6.45) is 0. The van der Waals surface area contributed by atoms with E-state index in [9.17, 15) is 0 Å². The Hall–Kier alpha value is -7.46. The highest BCUT2D eigenvalue weighted by atomic mass is 32.1. The molecule has 0 aliphatic rings. The van der Waals surface area contributed by atoms with Crippen molar-refractivity contribution >= 4 is 92.1 Å². The third kappa shape index (κ3) is 5.78. The normalized spacial score (nSPS) is 11.7. The first kappa shape index (κ1) is 33.7. The minimum absolute atomic E-state index is 0.911. The third-order valence-corrected chi connectivity index (χ3v) is 13.0. The second kappa shape index (κ2) is 13.6. The van der Waals surface area contributed by atoms with Gasteiger partial charge in [0.05, 0.1) is 0 Å². The van der Waals surface area contributed by atoms with Crippen molar-refractivity contribution in [1.82, 2.24) is 0 Å². The average molecular weight is 770 g/mol. The zero-order valence-electron chi connectivity index (χ0n) is 32.0. The highest BCUT2D eigenvalue weighted by Crippen LogP contribution is 2.44. The second-order valence-electron chi connectivity index (χ2n) is 15.3. The van der Waals surface area contributed by atoms with Gasteiger partial charge in [0.1, 0.15) is 11.2 Å². The van der Waals surface area contributed by atoms with Crippen LogP contribution in [-0.4, -0.2) is 0 Å². The van der Waals surface area contributed by atoms with Gasteiger partial charge in [-0.25, -0.2) is 0 Å². The van der Waals surface area contributed by atoms with Gasteiger partial charge in [-0.05, 0) is 128 Å². The molecule has 2 nitrogen and oxygen atoms in total. The topological polar surface area (TPSA) is 16.4 Å². The Bertz CT molecular complexity index is 3550. The van der Waals surface area contributed by atoms with Crippen LogP contribution in [0.2, 0.25) is 0 Å². The Balaban J connectivity index is 0.978. The minimum atomic E-state index is 0.911. The summed E-state index contributed by atoms with van der Waals surface area (Å²) in [4.78, 5) is 2.40. The lowest BCUT2D eigenvalue weighted by atomic mass is 9.99. The molecule has 0 saturated heterocycles. The SMILES string of the molecule is c1ccc(-c2ccc(N(c3ccc4cc(-c5ccccc5)ccc4c3)c3ccc4sc5ccc(-c6ccc7oc8c9ccccc9ccc8c7c6)cc5c4c3)cc2)cc1. The van der Waals surface area contributed by atoms with Gasteiger partial charge in [0, 0.05) is 53.4 Å². The zero-order chi connectivity index (χ0) is 38.9. The van der Waals surface area contributed by atoms with Crippen molar-refractivity contribution < 1.29 is 4.42 Å². The fraction of sp³-hybridized carbons (Fsp3) is 0. The van der Waals surface area contributed by atoms with Crippen LogP contribution in [0.4, 0.5) is 17.1 Å². The Labute approximate surface area is 345 Å². The lowest BCUT2D eigenvalue weighted by Crippen LogP contribution is -2.09. The first-order valence-corrected chi connectivity index (χ1v) is 20.9. The van der Waals surface area contributed by atoms with Crippen LogP contribution in [0, 0.1) is 0 Å². The number of nitrogens with zero attached hydrogens (tertiary/aromatic N) is 1. The summed E-state index contributed by atoms with van der Waals surface area (Å²) in [5.41, 5.74) is 12.4. The van der Waals surface area contributed by atoms with Crippen molar-refractivity contribution in [1.29, 1.82) is 0 Å². The number of rotatable bonds is 6. The second-order valence-corrected chi connectivity index (χ2v) is 16.4. The Kier molecular flexibility index (Phi) is 7.75. The number of anilines is 3. The first-order valence-electron chi connectivity index (χ1n) is 20.1. The quantitative estimate of drug-likeness (QED) is 0.167. The summed E-state index contributed by atoms with van der Waals surface area (Å²) in [7, 11) is 0. The van der Waals surface area contributed by atoms with Crippen LogP contribution in [0.5, 0.6) is 0 Å². The monoisotopic (exact) mass is 769 g/mol. The maximum Gasteiger partial charge on any atom is 0.143 e. The fourth-order valence-corrected chi connectivity index (χ4v) is 9.90. The van der Waals surface area contributed by atoms with Gasteiger partial charge in [-0.2, -0.15) is 0 Å². The standard InChI is InChI=1S/C56H35NOS/c1-3-9-36(10-4-1)38-17-23-45(24-18-38)57(46-25-19-41-31-40(15-16-42(41)32-46)37-11-5-2-6-12-37)47-26-30-55-52(35-47)51-34-44(22-29-54(51)59-55)43-21-28-53-50(33-43)49-27-20-39-13-7-8-14-48(39)56(49)58-53/h1-35H. The maximum atomic E-state index is 6.45. The lowest BCUT2D eigenvalue weighted by molar-refractivity contribution is 0.672. The maximum absolute atomic E-state index is 6.45. The molecule has 10 aromatic carbocycles. The smallest absolute Gasteiger partial charge is 0.143 e. The summed E-state index contributed by atoms with van der Waals surface area (Å²) < 4.78 is 9.01. The van der Waals surface area contributed by atoms with Crippen molar-refractivity contribution in [2.75, 3.05) is 4.90 Å². The molecule has 276 valence electrons. The van der Waals surface area contributed by atoms with E-state index < -0.39 is 0 Å². The van der Waals surface area contributed by atoms with Gasteiger partial charge in [0.15, 0.2) is 0 Å². The fourth-order valence-electron chi connectivity index (χ4n) is 8.83. The van der Waals surface area contributed by atoms with E-state index in [-0.39, 0.29) is 0 Å². The number of hydrogen-bond donors (Lipinski definition) is 0. The van der Waals surface area contributed by atoms with Crippen molar-refractivity contribution in [3.8, 4) is 33.4 Å². The summed E-state index contributed by atoms with van der Waals surface area (Å²) in [6, 6.07) is 77.1. The molecular formula is C56H35NOS. The molecule has 0 fully saturated rings. The third-order valence-electron chi connectivity index (χ3n) is 11.8. The molecule has 12 aromatic rings. The molecule has 12 rings (SSSR count). The molecule has 0 aliphatic carbocycles. The number of fused-ring (bicyclic) bond motifs is 9. The number of benzene rings is 10. The first-order chi connectivity index (χ1) is 29.2. The molecule has 0 aliphatic heterocycles. The molecule has 2 aromatic heterocycles. The summed E-state index contributed by atoms with van der Waals surface area (Å²) >= 11 is 1.85. The molecule has 2 heterocycles. The van der Waals surface area contributed by atoms with E-state index in [1.165, 1.54) is 69.7 Å². The molecule has 3 heteroatoms. The molecule has 0 amide bonds. The van der Waals surface area contributed by atoms with E-state index in [2.05, 4.69) is 217 Å². The molecule has 0 unspecified atom stereocenters. The van der Waals surface area contributed by atoms with Gasteiger partial charge in [-0.1, -0.05) is 133 Å². The highest BCUT2D eigenvalue weighted by molar-refractivity contribution is 7.25. The molecule has 0 bridgehead atoms. The zero-order valence-corrected chi connectivity index (χ0v) is 32.8. The van der Waals surface area contributed by atoms with Crippen LogP contribution in [0.1, 0.15) is 0 Å². The molecule has 0 atom stereocenters. The van der Waals surface area contributed by atoms with Crippen LogP contribution < -0.4 is 4.90 Å². The van der Waals surface area contributed by atoms with E-state index in [0.717, 1.165) is 44.4 Å². The van der Waals surface area contributed by atoms with Crippen LogP contribution in [0.25, 0.3) is 97.0 Å². The van der Waals surface area contributed by atoms with Crippen LogP contribution in [0.15, 0.2) is 217 Å². The molecule has 0 saturated carbocycles. The summed E-state index contributed by atoms with van der Waals surface area (Å²) in [5, 5.41) is 9.56. The van der Waals surface area contributed by atoms with Crippen molar-refractivity contribution in [3.63, 3.8) is 0 Å². The number of thiophene rings is 1. The van der Waals surface area contributed by atoms with E-state index >= 15 is 0 Å². The predicted octanol–water partition coefficient (Wildman–Crippen LogP) is 16.7. The molecule has 0 N–H and O–H groups in total. The molecule has 0 spiro atoms. The van der Waals surface area contributed by atoms with Crippen molar-refractivity contribution in [2.45, 2.75) is 0 Å². The van der Waals surface area contributed by atoms with Gasteiger partial charge >= 0.3 is 0 Å². The van der Waals surface area contributed by atoms with Crippen LogP contribution in [0.3, 0.4) is 0 Å². The molecule has 0 radical (unpaired) electrons. The number of hydrogen-bond acceptors (Lipinski definition) is 3. The van der Waals surface area contributed by atoms with Gasteiger partial charge in [0.2, 0.25) is 0 Å². The Morgan fingerprint density at radius 3 is 1.64 bits per heavy atom. The van der Waals surface area contributed by atoms with Gasteiger partial charge in [-0.3, -0.25) is 0 Å². The predicted molar refractivity (Wildman–Crippen MR) is 253 cm³/mol. The van der Waals surface area contributed by atoms with Gasteiger partial charge < -0.3 is 9.32 Å². The van der Waals surface area contributed by atoms with E-state index in [0.29, 0.717) is 0 Å². The largest absolute Gasteiger partial charge is 0.455 e. The molecular weight excluding hydrogens is 735 g/mol. The summed E-state index contributed by atoms with van der Waals surface area (Å²) in [5.74, 6) is 0. The minimum Gasteiger partial charge on any atom is -0.455 e. The molecule has 59 heavy (non-hydrogen) atoms. The van der Waals surface area contributed by atoms with E-state index in [4.69, 9.17) is 4.42 Å². The highest BCUT2D eigenvalue weighted by Gasteiger charge is 2.17. The van der Waals surface area contributed by atoms with Gasteiger partial charge in [-0.15, -0.1) is 11.3 Å². The van der Waals surface area contributed by atoms with Crippen molar-refractivity contribution in [2.24, 2.45) is 0 Å². The summed E-state index contributed by atoms with van der Waals surface area (Å²) in [6.45, 7) is 0. The van der Waals surface area contributed by atoms with Crippen LogP contribution >= 0.6 is 11.3 Å². The Morgan fingerprint density at radius 1 is 0.305 bits per heavy atom.